The van der Waals surface area contributed by atoms with Crippen LogP contribution < -0.4 is 0 Å². The molecule has 0 aliphatic rings. The molecule has 0 aliphatic heterocycles. The summed E-state index contributed by atoms with van der Waals surface area (Å²) < 4.78 is 0. The minimum Gasteiger partial charge on any atom is -0.392 e. The molecule has 66 valence electrons. The van der Waals surface area contributed by atoms with E-state index in [1.807, 2.05) is 18.2 Å². The molecular formula is C11H16O. The molecule has 0 amide bonds. The number of hydrogen-bond donors (Lipinski definition) is 1. The van der Waals surface area contributed by atoms with Gasteiger partial charge in [0, 0.05) is 0 Å². The van der Waals surface area contributed by atoms with E-state index in [4.69, 9.17) is 5.11 Å². The van der Waals surface area contributed by atoms with E-state index in [1.165, 1.54) is 5.56 Å². The minimum atomic E-state index is 0.124. The third-order valence-corrected chi connectivity index (χ3v) is 2.00. The zero-order valence-corrected chi connectivity index (χ0v) is 7.96. The average Bonchev–Trinajstić information content (AvgIpc) is 2.03. The van der Waals surface area contributed by atoms with Gasteiger partial charge in [-0.25, -0.2) is 0 Å². The lowest BCUT2D eigenvalue weighted by molar-refractivity contribution is 0.278. The molecular weight excluding hydrogens is 148 g/mol. The molecule has 1 N–H and O–H groups in total. The van der Waals surface area contributed by atoms with Crippen molar-refractivity contribution in [2.75, 3.05) is 0 Å². The number of aliphatic hydroxyl groups is 1. The summed E-state index contributed by atoms with van der Waals surface area (Å²) in [6, 6.07) is 8.02. The highest BCUT2D eigenvalue weighted by molar-refractivity contribution is 5.32. The third kappa shape index (κ3) is 1.86. The maximum atomic E-state index is 9.08. The Morgan fingerprint density at radius 1 is 1.17 bits per heavy atom. The molecule has 0 bridgehead atoms. The van der Waals surface area contributed by atoms with E-state index in [1.54, 1.807) is 0 Å². The second-order valence-electron chi connectivity index (χ2n) is 4.07. The quantitative estimate of drug-likeness (QED) is 0.676. The summed E-state index contributed by atoms with van der Waals surface area (Å²) in [5.41, 5.74) is 2.39. The highest BCUT2D eigenvalue weighted by Crippen LogP contribution is 2.25. The molecule has 0 aliphatic carbocycles. The van der Waals surface area contributed by atoms with E-state index in [0.717, 1.165) is 5.56 Å². The van der Waals surface area contributed by atoms with Gasteiger partial charge in [-0.2, -0.15) is 0 Å². The summed E-state index contributed by atoms with van der Waals surface area (Å²) >= 11 is 0. The van der Waals surface area contributed by atoms with Crippen molar-refractivity contribution in [2.24, 2.45) is 0 Å². The summed E-state index contributed by atoms with van der Waals surface area (Å²) in [5, 5.41) is 9.08. The van der Waals surface area contributed by atoms with Gasteiger partial charge in [0.2, 0.25) is 0 Å². The Hall–Kier alpha value is -0.820. The molecule has 0 aromatic heterocycles. The zero-order valence-electron chi connectivity index (χ0n) is 7.96. The van der Waals surface area contributed by atoms with Gasteiger partial charge in [-0.05, 0) is 16.5 Å². The molecule has 0 unspecified atom stereocenters. The standard InChI is InChI=1S/C11H16O/c1-11(2,3)10-7-5-4-6-9(10)8-12/h4-7,12H,8H2,1-3H3. The van der Waals surface area contributed by atoms with Crippen molar-refractivity contribution >= 4 is 0 Å². The molecule has 0 saturated carbocycles. The fraction of sp³-hybridized carbons (Fsp3) is 0.455. The van der Waals surface area contributed by atoms with Gasteiger partial charge in [-0.15, -0.1) is 0 Å². The lowest BCUT2D eigenvalue weighted by Crippen LogP contribution is -2.13. The van der Waals surface area contributed by atoms with Crippen molar-refractivity contribution < 1.29 is 5.11 Å². The van der Waals surface area contributed by atoms with Crippen molar-refractivity contribution in [3.05, 3.63) is 35.4 Å². The summed E-state index contributed by atoms with van der Waals surface area (Å²) in [7, 11) is 0. The molecule has 1 nitrogen and oxygen atoms in total. The van der Waals surface area contributed by atoms with Crippen molar-refractivity contribution in [2.45, 2.75) is 32.8 Å². The van der Waals surface area contributed by atoms with Crippen LogP contribution in [0.15, 0.2) is 24.3 Å². The Morgan fingerprint density at radius 2 is 1.75 bits per heavy atom. The van der Waals surface area contributed by atoms with Crippen molar-refractivity contribution in [3.8, 4) is 0 Å². The van der Waals surface area contributed by atoms with E-state index < -0.39 is 0 Å². The van der Waals surface area contributed by atoms with Crippen LogP contribution in [0.25, 0.3) is 0 Å². The van der Waals surface area contributed by atoms with Crippen LogP contribution in [0.2, 0.25) is 0 Å². The highest BCUT2D eigenvalue weighted by atomic mass is 16.3. The minimum absolute atomic E-state index is 0.124. The summed E-state index contributed by atoms with van der Waals surface area (Å²) in [5.74, 6) is 0. The molecule has 0 radical (unpaired) electrons. The van der Waals surface area contributed by atoms with Gasteiger partial charge < -0.3 is 5.11 Å². The average molecular weight is 164 g/mol. The van der Waals surface area contributed by atoms with E-state index in [-0.39, 0.29) is 12.0 Å². The topological polar surface area (TPSA) is 20.2 Å². The second-order valence-corrected chi connectivity index (χ2v) is 4.07. The first-order valence-corrected chi connectivity index (χ1v) is 4.25. The smallest absolute Gasteiger partial charge is 0.0684 e. The molecule has 1 heteroatoms. The first kappa shape index (κ1) is 9.27. The molecule has 1 aromatic carbocycles. The van der Waals surface area contributed by atoms with Crippen LogP contribution in [-0.2, 0) is 12.0 Å². The summed E-state index contributed by atoms with van der Waals surface area (Å²) in [6.07, 6.45) is 0. The fourth-order valence-corrected chi connectivity index (χ4v) is 1.39. The van der Waals surface area contributed by atoms with Crippen molar-refractivity contribution in [3.63, 3.8) is 0 Å². The predicted octanol–water partition coefficient (Wildman–Crippen LogP) is 2.48. The van der Waals surface area contributed by atoms with Crippen LogP contribution in [0.4, 0.5) is 0 Å². The van der Waals surface area contributed by atoms with Gasteiger partial charge in [0.15, 0.2) is 0 Å². The maximum Gasteiger partial charge on any atom is 0.0684 e. The zero-order chi connectivity index (χ0) is 9.19. The Morgan fingerprint density at radius 3 is 2.17 bits per heavy atom. The molecule has 1 aromatic rings. The van der Waals surface area contributed by atoms with Crippen molar-refractivity contribution in [1.82, 2.24) is 0 Å². The lowest BCUT2D eigenvalue weighted by Gasteiger charge is -2.21. The van der Waals surface area contributed by atoms with E-state index >= 15 is 0 Å². The Bertz CT molecular complexity index is 258. The third-order valence-electron chi connectivity index (χ3n) is 2.00. The maximum absolute atomic E-state index is 9.08. The van der Waals surface area contributed by atoms with Crippen LogP contribution >= 0.6 is 0 Å². The summed E-state index contributed by atoms with van der Waals surface area (Å²) in [6.45, 7) is 6.60. The molecule has 0 saturated heterocycles. The van der Waals surface area contributed by atoms with E-state index in [0.29, 0.717) is 0 Å². The molecule has 0 spiro atoms. The molecule has 0 fully saturated rings. The predicted molar refractivity (Wildman–Crippen MR) is 51.1 cm³/mol. The first-order chi connectivity index (χ1) is 5.55. The van der Waals surface area contributed by atoms with Crippen LogP contribution in [0.1, 0.15) is 31.9 Å². The second kappa shape index (κ2) is 3.28. The molecule has 1 rings (SSSR count). The number of rotatable bonds is 1. The number of benzene rings is 1. The van der Waals surface area contributed by atoms with Gasteiger partial charge in [-0.1, -0.05) is 45.0 Å². The lowest BCUT2D eigenvalue weighted by atomic mass is 9.84. The number of hydrogen-bond acceptors (Lipinski definition) is 1. The van der Waals surface area contributed by atoms with Crippen LogP contribution in [0.3, 0.4) is 0 Å². The van der Waals surface area contributed by atoms with Crippen LogP contribution in [0.5, 0.6) is 0 Å². The van der Waals surface area contributed by atoms with Gasteiger partial charge in [0.05, 0.1) is 6.61 Å². The van der Waals surface area contributed by atoms with E-state index in [2.05, 4.69) is 26.8 Å². The van der Waals surface area contributed by atoms with E-state index in [9.17, 15) is 0 Å². The molecule has 12 heavy (non-hydrogen) atoms. The SMILES string of the molecule is CC(C)(C)c1ccccc1CO. The molecule has 0 heterocycles. The largest absolute Gasteiger partial charge is 0.392 e. The first-order valence-electron chi connectivity index (χ1n) is 4.25. The number of aliphatic hydroxyl groups excluding tert-OH is 1. The monoisotopic (exact) mass is 164 g/mol. The normalized spacial score (nSPS) is 11.7. The fourth-order valence-electron chi connectivity index (χ4n) is 1.39. The van der Waals surface area contributed by atoms with Crippen LogP contribution in [-0.4, -0.2) is 5.11 Å². The Balaban J connectivity index is 3.14. The van der Waals surface area contributed by atoms with Gasteiger partial charge in [0.25, 0.3) is 0 Å². The molecule has 0 atom stereocenters. The highest BCUT2D eigenvalue weighted by Gasteiger charge is 2.16. The Labute approximate surface area is 74.1 Å². The van der Waals surface area contributed by atoms with Gasteiger partial charge >= 0.3 is 0 Å². The summed E-state index contributed by atoms with van der Waals surface area (Å²) in [4.78, 5) is 0. The van der Waals surface area contributed by atoms with Gasteiger partial charge in [0.1, 0.15) is 0 Å². The van der Waals surface area contributed by atoms with Crippen molar-refractivity contribution in [1.29, 1.82) is 0 Å². The Kier molecular flexibility index (Phi) is 2.53. The van der Waals surface area contributed by atoms with Crippen LogP contribution in [0, 0.1) is 0 Å². The van der Waals surface area contributed by atoms with Gasteiger partial charge in [-0.3, -0.25) is 0 Å².